The summed E-state index contributed by atoms with van der Waals surface area (Å²) in [7, 11) is -3.73. The van der Waals surface area contributed by atoms with Gasteiger partial charge in [0.05, 0.1) is 10.6 Å². The predicted octanol–water partition coefficient (Wildman–Crippen LogP) is 3.72. The number of hydrogen-bond donors (Lipinski definition) is 1. The van der Waals surface area contributed by atoms with Crippen molar-refractivity contribution in [3.05, 3.63) is 59.5 Å². The fraction of sp³-hybridized carbons (Fsp3) is 0.222. The highest BCUT2D eigenvalue weighted by molar-refractivity contribution is 7.92. The molecule has 0 spiro atoms. The van der Waals surface area contributed by atoms with Crippen molar-refractivity contribution >= 4 is 15.7 Å². The van der Waals surface area contributed by atoms with Crippen LogP contribution in [0.5, 0.6) is 0 Å². The molecule has 0 fully saturated rings. The molecular formula is C18H19N3O3S. The van der Waals surface area contributed by atoms with Gasteiger partial charge in [-0.3, -0.25) is 4.72 Å². The van der Waals surface area contributed by atoms with E-state index in [-0.39, 0.29) is 4.90 Å². The highest BCUT2D eigenvalue weighted by Gasteiger charge is 2.18. The Bertz CT molecular complexity index is 1010. The average Bonchev–Trinajstić information content (AvgIpc) is 3.03. The zero-order valence-electron chi connectivity index (χ0n) is 14.3. The van der Waals surface area contributed by atoms with Crippen LogP contribution in [0.3, 0.4) is 0 Å². The van der Waals surface area contributed by atoms with Gasteiger partial charge in [0, 0.05) is 12.5 Å². The minimum atomic E-state index is -3.73. The quantitative estimate of drug-likeness (QED) is 0.752. The van der Waals surface area contributed by atoms with Crippen LogP contribution in [0.1, 0.15) is 23.9 Å². The fourth-order valence-corrected chi connectivity index (χ4v) is 3.80. The van der Waals surface area contributed by atoms with E-state index in [1.54, 1.807) is 25.1 Å². The molecule has 0 saturated carbocycles. The lowest BCUT2D eigenvalue weighted by Gasteiger charge is -2.14. The van der Waals surface area contributed by atoms with Crippen molar-refractivity contribution in [2.45, 2.75) is 32.1 Å². The number of nitrogens with one attached hydrogen (secondary N) is 1. The van der Waals surface area contributed by atoms with Crippen molar-refractivity contribution in [3.8, 4) is 11.4 Å². The Morgan fingerprint density at radius 1 is 1.12 bits per heavy atom. The van der Waals surface area contributed by atoms with Crippen LogP contribution in [0.15, 0.2) is 51.9 Å². The summed E-state index contributed by atoms with van der Waals surface area (Å²) in [6, 6.07) is 12.2. The molecule has 0 radical (unpaired) electrons. The van der Waals surface area contributed by atoms with Crippen LogP contribution in [0.4, 0.5) is 5.69 Å². The van der Waals surface area contributed by atoms with Gasteiger partial charge < -0.3 is 4.52 Å². The topological polar surface area (TPSA) is 85.1 Å². The standard InChI is InChI=1S/C18H19N3O3S/c1-4-14-8-5-7-12(2)17(14)21-25(22,23)16-10-6-9-15(11-16)18-19-13(3)24-20-18/h5-11,21H,4H2,1-3H3. The molecule has 1 N–H and O–H groups in total. The number of aromatic nitrogens is 2. The molecule has 0 atom stereocenters. The molecule has 0 unspecified atom stereocenters. The second kappa shape index (κ2) is 6.68. The number of hydrogen-bond acceptors (Lipinski definition) is 5. The van der Waals surface area contributed by atoms with Gasteiger partial charge in [-0.05, 0) is 36.6 Å². The summed E-state index contributed by atoms with van der Waals surface area (Å²) in [6.07, 6.45) is 0.738. The van der Waals surface area contributed by atoms with Gasteiger partial charge in [-0.25, -0.2) is 8.42 Å². The number of rotatable bonds is 5. The summed E-state index contributed by atoms with van der Waals surface area (Å²) in [4.78, 5) is 4.29. The van der Waals surface area contributed by atoms with Crippen LogP contribution >= 0.6 is 0 Å². The Hall–Kier alpha value is -2.67. The fourth-order valence-electron chi connectivity index (χ4n) is 2.58. The monoisotopic (exact) mass is 357 g/mol. The maximum absolute atomic E-state index is 12.8. The smallest absolute Gasteiger partial charge is 0.261 e. The lowest BCUT2D eigenvalue weighted by molar-refractivity contribution is 0.394. The summed E-state index contributed by atoms with van der Waals surface area (Å²) < 4.78 is 33.3. The Morgan fingerprint density at radius 3 is 2.56 bits per heavy atom. The third-order valence-corrected chi connectivity index (χ3v) is 5.25. The van der Waals surface area contributed by atoms with Gasteiger partial charge >= 0.3 is 0 Å². The Morgan fingerprint density at radius 2 is 1.88 bits per heavy atom. The van der Waals surface area contributed by atoms with Crippen LogP contribution in [0, 0.1) is 13.8 Å². The molecule has 0 bridgehead atoms. The van der Waals surface area contributed by atoms with Crippen molar-refractivity contribution in [2.24, 2.45) is 0 Å². The van der Waals surface area contributed by atoms with Gasteiger partial charge in [-0.15, -0.1) is 0 Å². The Balaban J connectivity index is 1.99. The van der Waals surface area contributed by atoms with Crippen molar-refractivity contribution in [1.82, 2.24) is 10.1 Å². The van der Waals surface area contributed by atoms with Crippen molar-refractivity contribution in [1.29, 1.82) is 0 Å². The first kappa shape index (κ1) is 17.2. The van der Waals surface area contributed by atoms with E-state index < -0.39 is 10.0 Å². The molecule has 0 saturated heterocycles. The minimum Gasteiger partial charge on any atom is -0.339 e. The second-order valence-corrected chi connectivity index (χ2v) is 7.42. The summed E-state index contributed by atoms with van der Waals surface area (Å²) >= 11 is 0. The van der Waals surface area contributed by atoms with Crippen molar-refractivity contribution < 1.29 is 12.9 Å². The first-order valence-corrected chi connectivity index (χ1v) is 9.41. The number of sulfonamides is 1. The molecule has 1 aromatic heterocycles. The average molecular weight is 357 g/mol. The lowest BCUT2D eigenvalue weighted by atomic mass is 10.1. The molecule has 7 heteroatoms. The number of nitrogens with zero attached hydrogens (tertiary/aromatic N) is 2. The highest BCUT2D eigenvalue weighted by atomic mass is 32.2. The van der Waals surface area contributed by atoms with Crippen LogP contribution in [0.25, 0.3) is 11.4 Å². The molecule has 25 heavy (non-hydrogen) atoms. The molecule has 0 aliphatic heterocycles. The Kier molecular flexibility index (Phi) is 4.59. The predicted molar refractivity (Wildman–Crippen MR) is 95.8 cm³/mol. The lowest BCUT2D eigenvalue weighted by Crippen LogP contribution is -2.15. The summed E-state index contributed by atoms with van der Waals surface area (Å²) in [5.74, 6) is 0.786. The largest absolute Gasteiger partial charge is 0.339 e. The van der Waals surface area contributed by atoms with Crippen LogP contribution < -0.4 is 4.72 Å². The number of benzene rings is 2. The number of aryl methyl sites for hydroxylation is 3. The van der Waals surface area contributed by atoms with Gasteiger partial charge in [0.15, 0.2) is 0 Å². The molecule has 0 aliphatic rings. The molecule has 130 valence electrons. The van der Waals surface area contributed by atoms with Gasteiger partial charge in [0.1, 0.15) is 0 Å². The van der Waals surface area contributed by atoms with Gasteiger partial charge in [0.25, 0.3) is 10.0 Å². The number of anilines is 1. The summed E-state index contributed by atoms with van der Waals surface area (Å²) in [5.41, 5.74) is 3.05. The molecule has 0 aliphatic carbocycles. The Labute approximate surface area is 147 Å². The van der Waals surface area contributed by atoms with E-state index in [2.05, 4.69) is 14.9 Å². The second-order valence-electron chi connectivity index (χ2n) is 5.73. The van der Waals surface area contributed by atoms with Crippen molar-refractivity contribution in [2.75, 3.05) is 4.72 Å². The summed E-state index contributed by atoms with van der Waals surface area (Å²) in [5, 5.41) is 3.83. The maximum Gasteiger partial charge on any atom is 0.261 e. The minimum absolute atomic E-state index is 0.151. The van der Waals surface area contributed by atoms with E-state index in [1.807, 2.05) is 32.0 Å². The van der Waals surface area contributed by atoms with E-state index in [1.165, 1.54) is 6.07 Å². The SMILES string of the molecule is CCc1cccc(C)c1NS(=O)(=O)c1cccc(-c2noc(C)n2)c1. The van der Waals surface area contributed by atoms with Gasteiger partial charge in [-0.1, -0.05) is 42.4 Å². The zero-order chi connectivity index (χ0) is 18.0. The highest BCUT2D eigenvalue weighted by Crippen LogP contribution is 2.26. The first-order valence-electron chi connectivity index (χ1n) is 7.93. The summed E-state index contributed by atoms with van der Waals surface area (Å²) in [6.45, 7) is 5.56. The third kappa shape index (κ3) is 3.56. The third-order valence-electron chi connectivity index (χ3n) is 3.91. The van der Waals surface area contributed by atoms with Crippen LogP contribution in [-0.2, 0) is 16.4 Å². The molecule has 3 rings (SSSR count). The van der Waals surface area contributed by atoms with E-state index in [0.717, 1.165) is 17.5 Å². The van der Waals surface area contributed by atoms with E-state index in [0.29, 0.717) is 23.0 Å². The van der Waals surface area contributed by atoms with E-state index >= 15 is 0 Å². The van der Waals surface area contributed by atoms with Gasteiger partial charge in [0.2, 0.25) is 11.7 Å². The maximum atomic E-state index is 12.8. The molecule has 1 heterocycles. The molecular weight excluding hydrogens is 338 g/mol. The van der Waals surface area contributed by atoms with Gasteiger partial charge in [-0.2, -0.15) is 4.98 Å². The van der Waals surface area contributed by atoms with Crippen LogP contribution in [0.2, 0.25) is 0 Å². The first-order chi connectivity index (χ1) is 11.9. The zero-order valence-corrected chi connectivity index (χ0v) is 15.1. The number of para-hydroxylation sites is 1. The van der Waals surface area contributed by atoms with E-state index in [9.17, 15) is 8.42 Å². The normalized spacial score (nSPS) is 11.5. The van der Waals surface area contributed by atoms with Crippen molar-refractivity contribution in [3.63, 3.8) is 0 Å². The van der Waals surface area contributed by atoms with E-state index in [4.69, 9.17) is 4.52 Å². The molecule has 2 aromatic carbocycles. The van der Waals surface area contributed by atoms with Crippen LogP contribution in [-0.4, -0.2) is 18.6 Å². The molecule has 3 aromatic rings. The molecule has 6 nitrogen and oxygen atoms in total. The molecule has 0 amide bonds.